The fourth-order valence-electron chi connectivity index (χ4n) is 2.78. The number of hydrogen-bond acceptors (Lipinski definition) is 3. The summed E-state index contributed by atoms with van der Waals surface area (Å²) >= 11 is 1.46. The molecule has 122 valence electrons. The van der Waals surface area contributed by atoms with Gasteiger partial charge in [-0.3, -0.25) is 9.36 Å². The van der Waals surface area contributed by atoms with Crippen LogP contribution in [0.1, 0.15) is 37.2 Å². The molecule has 2 aromatic rings. The first-order valence-electron chi connectivity index (χ1n) is 7.73. The lowest BCUT2D eigenvalue weighted by Gasteiger charge is -2.27. The molecule has 0 spiro atoms. The van der Waals surface area contributed by atoms with Crippen molar-refractivity contribution in [3.8, 4) is 5.69 Å². The first kappa shape index (κ1) is 16.1. The summed E-state index contributed by atoms with van der Waals surface area (Å²) < 4.78 is 15.0. The number of carbonyl (C=O) groups is 1. The first-order chi connectivity index (χ1) is 11.0. The highest BCUT2D eigenvalue weighted by Crippen LogP contribution is 2.31. The minimum Gasteiger partial charge on any atom is -0.332 e. The highest BCUT2D eigenvalue weighted by Gasteiger charge is 2.36. The predicted octanol–water partition coefficient (Wildman–Crippen LogP) is 3.75. The number of thioether (sulfide) groups is 1. The fourth-order valence-corrected chi connectivity index (χ4v) is 3.32. The second kappa shape index (κ2) is 6.35. The third-order valence-corrected chi connectivity index (χ3v) is 4.60. The van der Waals surface area contributed by atoms with Gasteiger partial charge in [0.15, 0.2) is 5.16 Å². The molecule has 0 saturated heterocycles. The summed E-state index contributed by atoms with van der Waals surface area (Å²) in [6.07, 6.45) is 5.65. The standard InChI is InChI=1S/C17H20FN3OS/c1-11(2)20(13-8-9-13)16(22)15-10-19-17(23-3)21(15)14-6-4-12(18)5-7-14/h4-7,10-11,13H,8-9H2,1-3H3. The van der Waals surface area contributed by atoms with E-state index in [1.54, 1.807) is 18.3 Å². The fraction of sp³-hybridized carbons (Fsp3) is 0.412. The molecule has 1 heterocycles. The van der Waals surface area contributed by atoms with Crippen molar-refractivity contribution in [1.82, 2.24) is 14.5 Å². The van der Waals surface area contributed by atoms with Crippen LogP contribution in [-0.2, 0) is 0 Å². The smallest absolute Gasteiger partial charge is 0.273 e. The Morgan fingerprint density at radius 2 is 2.00 bits per heavy atom. The first-order valence-corrected chi connectivity index (χ1v) is 8.95. The number of aromatic nitrogens is 2. The molecule has 1 aliphatic rings. The van der Waals surface area contributed by atoms with Crippen molar-refractivity contribution in [2.45, 2.75) is 43.9 Å². The van der Waals surface area contributed by atoms with Gasteiger partial charge in [0.05, 0.1) is 6.20 Å². The largest absolute Gasteiger partial charge is 0.332 e. The van der Waals surface area contributed by atoms with E-state index in [1.165, 1.54) is 23.9 Å². The van der Waals surface area contributed by atoms with Crippen LogP contribution >= 0.6 is 11.8 Å². The minimum absolute atomic E-state index is 0.0142. The van der Waals surface area contributed by atoms with Crippen LogP contribution < -0.4 is 0 Å². The van der Waals surface area contributed by atoms with Crippen LogP contribution in [0.25, 0.3) is 5.69 Å². The number of rotatable bonds is 5. The van der Waals surface area contributed by atoms with E-state index in [0.717, 1.165) is 23.7 Å². The Labute approximate surface area is 139 Å². The minimum atomic E-state index is -0.297. The molecule has 0 bridgehead atoms. The molecule has 1 aromatic carbocycles. The van der Waals surface area contributed by atoms with Crippen molar-refractivity contribution >= 4 is 17.7 Å². The second-order valence-corrected chi connectivity index (χ2v) is 6.75. The maximum atomic E-state index is 13.2. The molecule has 0 radical (unpaired) electrons. The van der Waals surface area contributed by atoms with E-state index >= 15 is 0 Å². The Morgan fingerprint density at radius 3 is 2.52 bits per heavy atom. The molecule has 1 saturated carbocycles. The Hall–Kier alpha value is -1.82. The third kappa shape index (κ3) is 3.13. The lowest BCUT2D eigenvalue weighted by Crippen LogP contribution is -2.39. The van der Waals surface area contributed by atoms with Gasteiger partial charge < -0.3 is 4.90 Å². The average Bonchev–Trinajstić information content (AvgIpc) is 3.25. The van der Waals surface area contributed by atoms with Gasteiger partial charge in [0.2, 0.25) is 0 Å². The van der Waals surface area contributed by atoms with Crippen LogP contribution in [0.4, 0.5) is 4.39 Å². The molecular weight excluding hydrogens is 313 g/mol. The molecule has 0 N–H and O–H groups in total. The van der Waals surface area contributed by atoms with Crippen molar-refractivity contribution in [3.63, 3.8) is 0 Å². The van der Waals surface area contributed by atoms with E-state index in [2.05, 4.69) is 4.98 Å². The van der Waals surface area contributed by atoms with E-state index in [9.17, 15) is 9.18 Å². The number of amides is 1. The number of benzene rings is 1. The van der Waals surface area contributed by atoms with Crippen LogP contribution in [0, 0.1) is 5.82 Å². The highest BCUT2D eigenvalue weighted by atomic mass is 32.2. The van der Waals surface area contributed by atoms with Crippen LogP contribution in [-0.4, -0.2) is 38.7 Å². The van der Waals surface area contributed by atoms with Crippen LogP contribution in [0.2, 0.25) is 0 Å². The molecule has 1 aromatic heterocycles. The van der Waals surface area contributed by atoms with Gasteiger partial charge in [0, 0.05) is 17.8 Å². The van der Waals surface area contributed by atoms with E-state index in [-0.39, 0.29) is 17.8 Å². The number of hydrogen-bond donors (Lipinski definition) is 0. The summed E-state index contributed by atoms with van der Waals surface area (Å²) in [7, 11) is 0. The van der Waals surface area contributed by atoms with Gasteiger partial charge in [-0.25, -0.2) is 9.37 Å². The molecule has 0 unspecified atom stereocenters. The van der Waals surface area contributed by atoms with Crippen molar-refractivity contribution in [1.29, 1.82) is 0 Å². The molecule has 0 atom stereocenters. The molecule has 1 fully saturated rings. The Bertz CT molecular complexity index is 705. The summed E-state index contributed by atoms with van der Waals surface area (Å²) in [4.78, 5) is 19.3. The summed E-state index contributed by atoms with van der Waals surface area (Å²) in [5, 5.41) is 0.722. The summed E-state index contributed by atoms with van der Waals surface area (Å²) in [5.41, 5.74) is 1.28. The molecule has 1 aliphatic carbocycles. The van der Waals surface area contributed by atoms with Crippen LogP contribution in [0.3, 0.4) is 0 Å². The zero-order chi connectivity index (χ0) is 16.6. The van der Waals surface area contributed by atoms with Gasteiger partial charge in [0.1, 0.15) is 11.5 Å². The lowest BCUT2D eigenvalue weighted by molar-refractivity contribution is 0.0681. The monoisotopic (exact) mass is 333 g/mol. The van der Waals surface area contributed by atoms with E-state index in [0.29, 0.717) is 11.7 Å². The molecule has 23 heavy (non-hydrogen) atoms. The van der Waals surface area contributed by atoms with Crippen LogP contribution in [0.15, 0.2) is 35.6 Å². The van der Waals surface area contributed by atoms with Crippen molar-refractivity contribution in [2.24, 2.45) is 0 Å². The Balaban J connectivity index is 2.04. The zero-order valence-electron chi connectivity index (χ0n) is 13.5. The number of imidazole rings is 1. The summed E-state index contributed by atoms with van der Waals surface area (Å²) in [6, 6.07) is 6.61. The normalized spacial score (nSPS) is 14.3. The van der Waals surface area contributed by atoms with Gasteiger partial charge in [-0.1, -0.05) is 11.8 Å². The Kier molecular flexibility index (Phi) is 4.43. The topological polar surface area (TPSA) is 38.1 Å². The molecule has 1 amide bonds. The van der Waals surface area contributed by atoms with Gasteiger partial charge in [-0.15, -0.1) is 0 Å². The van der Waals surface area contributed by atoms with Gasteiger partial charge in [0.25, 0.3) is 5.91 Å². The number of nitrogens with zero attached hydrogens (tertiary/aromatic N) is 3. The maximum absolute atomic E-state index is 13.2. The quantitative estimate of drug-likeness (QED) is 0.782. The zero-order valence-corrected chi connectivity index (χ0v) is 14.3. The predicted molar refractivity (Wildman–Crippen MR) is 89.6 cm³/mol. The van der Waals surface area contributed by atoms with E-state index < -0.39 is 0 Å². The van der Waals surface area contributed by atoms with Crippen molar-refractivity contribution in [3.05, 3.63) is 42.0 Å². The maximum Gasteiger partial charge on any atom is 0.273 e. The number of halogens is 1. The van der Waals surface area contributed by atoms with Crippen molar-refractivity contribution < 1.29 is 9.18 Å². The van der Waals surface area contributed by atoms with Crippen LogP contribution in [0.5, 0.6) is 0 Å². The Morgan fingerprint density at radius 1 is 1.35 bits per heavy atom. The molecule has 6 heteroatoms. The molecular formula is C17H20FN3OS. The van der Waals surface area contributed by atoms with Gasteiger partial charge in [-0.05, 0) is 57.2 Å². The van der Waals surface area contributed by atoms with E-state index in [4.69, 9.17) is 0 Å². The van der Waals surface area contributed by atoms with Gasteiger partial charge in [-0.2, -0.15) is 0 Å². The second-order valence-electron chi connectivity index (χ2n) is 5.98. The SMILES string of the molecule is CSc1ncc(C(=O)N(C(C)C)C2CC2)n1-c1ccc(F)cc1. The van der Waals surface area contributed by atoms with Gasteiger partial charge >= 0.3 is 0 Å². The summed E-state index contributed by atoms with van der Waals surface area (Å²) in [6.45, 7) is 4.06. The summed E-state index contributed by atoms with van der Waals surface area (Å²) in [5.74, 6) is -0.311. The average molecular weight is 333 g/mol. The number of carbonyl (C=O) groups excluding carboxylic acids is 1. The molecule has 0 aliphatic heterocycles. The third-order valence-electron chi connectivity index (χ3n) is 3.95. The molecule has 4 nitrogen and oxygen atoms in total. The van der Waals surface area contributed by atoms with Crippen molar-refractivity contribution in [2.75, 3.05) is 6.26 Å². The molecule has 3 rings (SSSR count). The highest BCUT2D eigenvalue weighted by molar-refractivity contribution is 7.98. The van der Waals surface area contributed by atoms with E-state index in [1.807, 2.05) is 29.6 Å². The lowest BCUT2D eigenvalue weighted by atomic mass is 10.2.